The number of carbonyl (C=O) groups is 1. The minimum atomic E-state index is -0.573. The highest BCUT2D eigenvalue weighted by molar-refractivity contribution is 6.42. The zero-order chi connectivity index (χ0) is 28.7. The molecule has 0 bridgehead atoms. The molecule has 0 spiro atoms. The minimum absolute atomic E-state index is 0.0387. The summed E-state index contributed by atoms with van der Waals surface area (Å²) in [6.07, 6.45) is 1.67. The van der Waals surface area contributed by atoms with Gasteiger partial charge in [0, 0.05) is 38.0 Å². The van der Waals surface area contributed by atoms with Crippen LogP contribution in [-0.4, -0.2) is 57.4 Å². The molecular formula is C31H27Cl2F2N5O. The predicted octanol–water partition coefficient (Wildman–Crippen LogP) is 6.71. The number of aliphatic imine (C=N–C) groups is 1. The highest BCUT2D eigenvalue weighted by Crippen LogP contribution is 2.39. The lowest BCUT2D eigenvalue weighted by Crippen LogP contribution is -2.53. The van der Waals surface area contributed by atoms with Crippen LogP contribution in [-0.2, 0) is 4.79 Å². The van der Waals surface area contributed by atoms with Crippen LogP contribution in [0.2, 0.25) is 10.0 Å². The first-order valence-electron chi connectivity index (χ1n) is 13.4. The van der Waals surface area contributed by atoms with Crippen molar-refractivity contribution in [2.45, 2.75) is 19.0 Å². The number of nitrogens with zero attached hydrogens (tertiary/aromatic N) is 5. The number of halogens is 4. The molecule has 0 N–H and O–H groups in total. The van der Waals surface area contributed by atoms with Gasteiger partial charge in [-0.15, -0.1) is 0 Å². The summed E-state index contributed by atoms with van der Waals surface area (Å²) in [7, 11) is 0. The van der Waals surface area contributed by atoms with E-state index in [1.54, 1.807) is 47.3 Å². The van der Waals surface area contributed by atoms with E-state index in [4.69, 9.17) is 28.2 Å². The summed E-state index contributed by atoms with van der Waals surface area (Å²) in [5.74, 6) is -0.569. The van der Waals surface area contributed by atoms with Crippen molar-refractivity contribution in [3.8, 4) is 0 Å². The molecule has 6 rings (SSSR count). The van der Waals surface area contributed by atoms with Crippen LogP contribution in [0.3, 0.4) is 0 Å². The first kappa shape index (κ1) is 27.6. The van der Waals surface area contributed by atoms with Gasteiger partial charge in [-0.3, -0.25) is 9.69 Å². The summed E-state index contributed by atoms with van der Waals surface area (Å²) in [5.41, 5.74) is 3.33. The van der Waals surface area contributed by atoms with Crippen molar-refractivity contribution < 1.29 is 13.6 Å². The van der Waals surface area contributed by atoms with Gasteiger partial charge in [0.05, 0.1) is 28.3 Å². The highest BCUT2D eigenvalue weighted by atomic mass is 35.5. The Morgan fingerprint density at radius 2 is 1.46 bits per heavy atom. The second-order valence-electron chi connectivity index (χ2n) is 10.4. The van der Waals surface area contributed by atoms with Gasteiger partial charge in [0.15, 0.2) is 5.82 Å². The molecule has 1 saturated heterocycles. The molecule has 41 heavy (non-hydrogen) atoms. The monoisotopic (exact) mass is 593 g/mol. The summed E-state index contributed by atoms with van der Waals surface area (Å²) < 4.78 is 29.2. The number of carbonyl (C=O) groups excluding carboxylic acids is 1. The van der Waals surface area contributed by atoms with Crippen molar-refractivity contribution >= 4 is 40.6 Å². The van der Waals surface area contributed by atoms with Crippen LogP contribution in [0.4, 0.5) is 14.6 Å². The van der Waals surface area contributed by atoms with Gasteiger partial charge in [0.25, 0.3) is 0 Å². The number of hydrogen-bond acceptors (Lipinski definition) is 4. The van der Waals surface area contributed by atoms with Gasteiger partial charge in [-0.1, -0.05) is 53.5 Å². The minimum Gasteiger partial charge on any atom is -0.339 e. The molecule has 6 nitrogen and oxygen atoms in total. The Kier molecular flexibility index (Phi) is 7.64. The largest absolute Gasteiger partial charge is 0.339 e. The van der Waals surface area contributed by atoms with E-state index in [9.17, 15) is 13.6 Å². The van der Waals surface area contributed by atoms with Crippen molar-refractivity contribution in [3.63, 3.8) is 0 Å². The lowest BCUT2D eigenvalue weighted by molar-refractivity contribution is -0.136. The fourth-order valence-corrected chi connectivity index (χ4v) is 6.18. The smallest absolute Gasteiger partial charge is 0.233 e. The maximum absolute atomic E-state index is 14.2. The van der Waals surface area contributed by atoms with Gasteiger partial charge < -0.3 is 4.90 Å². The van der Waals surface area contributed by atoms with Gasteiger partial charge in [-0.05, 0) is 60.0 Å². The number of fused-ring (bicyclic) bond motifs is 1. The van der Waals surface area contributed by atoms with E-state index in [2.05, 4.69) is 10.00 Å². The van der Waals surface area contributed by atoms with E-state index in [0.717, 1.165) is 16.7 Å². The summed E-state index contributed by atoms with van der Waals surface area (Å²) >= 11 is 12.6. The lowest BCUT2D eigenvalue weighted by atomic mass is 9.86. The quantitative estimate of drug-likeness (QED) is 0.258. The van der Waals surface area contributed by atoms with Gasteiger partial charge in [0.2, 0.25) is 5.91 Å². The van der Waals surface area contributed by atoms with E-state index in [1.165, 1.54) is 24.3 Å². The van der Waals surface area contributed by atoms with Crippen molar-refractivity contribution in [2.75, 3.05) is 26.2 Å². The van der Waals surface area contributed by atoms with Crippen molar-refractivity contribution in [3.05, 3.63) is 117 Å². The molecular weight excluding hydrogens is 567 g/mol. The first-order chi connectivity index (χ1) is 19.8. The van der Waals surface area contributed by atoms with Crippen LogP contribution in [0, 0.1) is 17.6 Å². The number of amides is 1. The van der Waals surface area contributed by atoms with E-state index in [-0.39, 0.29) is 23.6 Å². The molecule has 0 radical (unpaired) electrons. The van der Waals surface area contributed by atoms with Gasteiger partial charge in [-0.25, -0.2) is 18.5 Å². The van der Waals surface area contributed by atoms with Crippen molar-refractivity contribution in [1.82, 2.24) is 19.6 Å². The maximum Gasteiger partial charge on any atom is 0.233 e. The second kappa shape index (κ2) is 11.4. The van der Waals surface area contributed by atoms with E-state index >= 15 is 0 Å². The molecule has 210 valence electrons. The maximum atomic E-state index is 14.2. The number of rotatable bonds is 5. The fraction of sp³-hybridized carbons (Fsp3) is 0.258. The number of piperazine rings is 1. The zero-order valence-corrected chi connectivity index (χ0v) is 23.7. The molecule has 1 amide bonds. The third-order valence-corrected chi connectivity index (χ3v) is 8.62. The van der Waals surface area contributed by atoms with E-state index in [0.29, 0.717) is 47.8 Å². The van der Waals surface area contributed by atoms with Crippen molar-refractivity contribution in [1.29, 1.82) is 0 Å². The molecule has 1 fully saturated rings. The fourth-order valence-electron chi connectivity index (χ4n) is 5.88. The molecule has 3 heterocycles. The molecule has 1 aromatic heterocycles. The molecule has 0 saturated carbocycles. The SMILES string of the molecule is CC1=Nc2ccnn2C(c2ccc(Cl)c(Cl)c2)C1C(=O)N1CCN(C(c2ccc(F)cc2)c2ccc(F)cc2)CC1. The summed E-state index contributed by atoms with van der Waals surface area (Å²) in [6, 6.07) is 19.3. The Hall–Kier alpha value is -3.59. The molecule has 2 unspecified atom stereocenters. The molecule has 3 aromatic carbocycles. The number of aromatic nitrogens is 2. The average Bonchev–Trinajstić information content (AvgIpc) is 3.44. The highest BCUT2D eigenvalue weighted by Gasteiger charge is 2.41. The van der Waals surface area contributed by atoms with E-state index < -0.39 is 12.0 Å². The normalized spacial score (nSPS) is 19.3. The van der Waals surface area contributed by atoms with Crippen LogP contribution < -0.4 is 0 Å². The van der Waals surface area contributed by atoms with Gasteiger partial charge in [0.1, 0.15) is 17.6 Å². The Morgan fingerprint density at radius 1 is 0.854 bits per heavy atom. The molecule has 10 heteroatoms. The Balaban J connectivity index is 1.26. The molecule has 0 aliphatic carbocycles. The van der Waals surface area contributed by atoms with Crippen LogP contribution >= 0.6 is 23.2 Å². The third kappa shape index (κ3) is 5.39. The third-order valence-electron chi connectivity index (χ3n) is 7.88. The van der Waals surface area contributed by atoms with Crippen LogP contribution in [0.25, 0.3) is 0 Å². The molecule has 2 aliphatic rings. The van der Waals surface area contributed by atoms with E-state index in [1.807, 2.05) is 24.0 Å². The Labute approximate surface area is 246 Å². The van der Waals surface area contributed by atoms with Crippen LogP contribution in [0.5, 0.6) is 0 Å². The topological polar surface area (TPSA) is 53.7 Å². The Morgan fingerprint density at radius 3 is 2.05 bits per heavy atom. The van der Waals surface area contributed by atoms with Crippen LogP contribution in [0.1, 0.15) is 35.7 Å². The summed E-state index contributed by atoms with van der Waals surface area (Å²) in [4.78, 5) is 23.0. The van der Waals surface area contributed by atoms with Crippen LogP contribution in [0.15, 0.2) is 84.0 Å². The molecule has 2 aliphatic heterocycles. The standard InChI is InChI=1S/C31H27Cl2F2N5O/c1-19-28(30(40-27(37-19)12-13-36-40)22-6-11-25(32)26(33)18-22)31(41)39-16-14-38(15-17-39)29(20-2-7-23(34)8-3-20)21-4-9-24(35)10-5-21/h2-13,18,28-30H,14-17H2,1H3. The number of hydrogen-bond donors (Lipinski definition) is 0. The average molecular weight is 594 g/mol. The van der Waals surface area contributed by atoms with Gasteiger partial charge in [-0.2, -0.15) is 5.10 Å². The number of benzene rings is 3. The van der Waals surface area contributed by atoms with Crippen molar-refractivity contribution in [2.24, 2.45) is 10.9 Å². The predicted molar refractivity (Wildman–Crippen MR) is 156 cm³/mol. The zero-order valence-electron chi connectivity index (χ0n) is 22.2. The first-order valence-corrected chi connectivity index (χ1v) is 14.1. The van der Waals surface area contributed by atoms with Gasteiger partial charge >= 0.3 is 0 Å². The second-order valence-corrected chi connectivity index (χ2v) is 11.2. The molecule has 2 atom stereocenters. The summed E-state index contributed by atoms with van der Waals surface area (Å²) in [6.45, 7) is 4.01. The Bertz CT molecular complexity index is 1550. The summed E-state index contributed by atoms with van der Waals surface area (Å²) in [5, 5.41) is 5.34. The molecule has 4 aromatic rings. The lowest BCUT2D eigenvalue weighted by Gasteiger charge is -2.42.